The summed E-state index contributed by atoms with van der Waals surface area (Å²) in [7, 11) is -4.82. The first-order valence-electron chi connectivity index (χ1n) is 9.52. The number of nitrogens with two attached hydrogens (primary N) is 1. The number of hydrogen-bond acceptors (Lipinski definition) is 8. The molecule has 0 spiro atoms. The lowest BCUT2D eigenvalue weighted by atomic mass is 9.82. The number of carbonyl (C=O) groups excluding carboxylic acids is 3. The lowest BCUT2D eigenvalue weighted by Crippen LogP contribution is -2.25. The van der Waals surface area contributed by atoms with Crippen LogP contribution in [-0.2, 0) is 14.9 Å². The van der Waals surface area contributed by atoms with Gasteiger partial charge in [0.2, 0.25) is 5.91 Å². The highest BCUT2D eigenvalue weighted by Gasteiger charge is 2.36. The molecule has 1 aliphatic carbocycles. The van der Waals surface area contributed by atoms with Crippen molar-refractivity contribution < 1.29 is 32.5 Å². The third-order valence-corrected chi connectivity index (χ3v) is 5.96. The summed E-state index contributed by atoms with van der Waals surface area (Å²) in [5.74, 6) is -1.79. The van der Waals surface area contributed by atoms with E-state index >= 15 is 0 Å². The van der Waals surface area contributed by atoms with Crippen molar-refractivity contribution in [3.05, 3.63) is 76.9 Å². The molecule has 0 aromatic heterocycles. The first-order chi connectivity index (χ1) is 15.6. The lowest BCUT2D eigenvalue weighted by molar-refractivity contribution is -0.118. The summed E-state index contributed by atoms with van der Waals surface area (Å²) in [5, 5.41) is 14.2. The maximum absolute atomic E-state index is 13.3. The maximum Gasteiger partial charge on any atom is 0.296 e. The van der Waals surface area contributed by atoms with Crippen molar-refractivity contribution in [2.24, 2.45) is 0 Å². The van der Waals surface area contributed by atoms with E-state index < -0.39 is 44.8 Å². The molecule has 0 bridgehead atoms. The zero-order valence-electron chi connectivity index (χ0n) is 16.8. The monoisotopic (exact) mass is 467 g/mol. The summed E-state index contributed by atoms with van der Waals surface area (Å²) in [6, 6.07) is 13.1. The molecule has 0 saturated carbocycles. The van der Waals surface area contributed by atoms with Crippen LogP contribution in [0.4, 0.5) is 22.7 Å². The van der Waals surface area contributed by atoms with E-state index in [1.165, 1.54) is 36.4 Å². The molecule has 6 N–H and O–H groups in total. The van der Waals surface area contributed by atoms with Crippen LogP contribution in [0.3, 0.4) is 0 Å². The first-order valence-corrected chi connectivity index (χ1v) is 11.0. The fraction of sp³-hybridized carbons (Fsp3) is 0.0455. The fourth-order valence-corrected chi connectivity index (χ4v) is 4.25. The van der Waals surface area contributed by atoms with Crippen LogP contribution in [0, 0.1) is 0 Å². The Morgan fingerprint density at radius 2 is 1.45 bits per heavy atom. The molecule has 4 rings (SSSR count). The molecule has 0 atom stereocenters. The van der Waals surface area contributed by atoms with Gasteiger partial charge in [0.1, 0.15) is 11.5 Å². The molecule has 1 aliphatic rings. The number of hydrogen-bond donors (Lipinski definition) is 5. The van der Waals surface area contributed by atoms with E-state index in [9.17, 15) is 27.4 Å². The molecule has 0 unspecified atom stereocenters. The summed E-state index contributed by atoms with van der Waals surface area (Å²) in [4.78, 5) is 37.0. The fourth-order valence-electron chi connectivity index (χ4n) is 3.60. The molecule has 0 saturated heterocycles. The molecular formula is C22H17N3O7S. The Kier molecular flexibility index (Phi) is 5.46. The smallest absolute Gasteiger partial charge is 0.296 e. The van der Waals surface area contributed by atoms with Gasteiger partial charge in [-0.05, 0) is 30.3 Å². The van der Waals surface area contributed by atoms with Crippen molar-refractivity contribution in [1.29, 1.82) is 0 Å². The van der Waals surface area contributed by atoms with Crippen LogP contribution in [0.5, 0.6) is 0 Å². The molecule has 33 heavy (non-hydrogen) atoms. The van der Waals surface area contributed by atoms with Crippen molar-refractivity contribution in [3.8, 4) is 0 Å². The van der Waals surface area contributed by atoms with Gasteiger partial charge < -0.3 is 21.5 Å². The molecule has 168 valence electrons. The average Bonchev–Trinajstić information content (AvgIpc) is 2.78. The highest BCUT2D eigenvalue weighted by molar-refractivity contribution is 7.86. The Morgan fingerprint density at radius 1 is 0.909 bits per heavy atom. The Hall–Kier alpha value is -4.06. The Balaban J connectivity index is 1.86. The van der Waals surface area contributed by atoms with Crippen LogP contribution >= 0.6 is 0 Å². The van der Waals surface area contributed by atoms with Crippen molar-refractivity contribution >= 4 is 50.3 Å². The van der Waals surface area contributed by atoms with Gasteiger partial charge in [-0.2, -0.15) is 8.42 Å². The van der Waals surface area contributed by atoms with Gasteiger partial charge >= 0.3 is 0 Å². The van der Waals surface area contributed by atoms with Crippen LogP contribution in [0.2, 0.25) is 0 Å². The van der Waals surface area contributed by atoms with Gasteiger partial charge in [-0.1, -0.05) is 24.3 Å². The molecular weight excluding hydrogens is 450 g/mol. The Morgan fingerprint density at radius 3 is 2.00 bits per heavy atom. The minimum Gasteiger partial charge on any atom is -0.397 e. The minimum atomic E-state index is -4.82. The lowest BCUT2D eigenvalue weighted by Gasteiger charge is -2.23. The third-order valence-electron chi connectivity index (χ3n) is 5.07. The molecule has 3 aromatic rings. The summed E-state index contributed by atoms with van der Waals surface area (Å²) < 4.78 is 33.6. The zero-order chi connectivity index (χ0) is 23.9. The van der Waals surface area contributed by atoms with E-state index in [0.717, 1.165) is 6.07 Å². The number of aliphatic hydroxyl groups excluding tert-OH is 1. The second kappa shape index (κ2) is 8.13. The normalized spacial score (nSPS) is 12.7. The summed E-state index contributed by atoms with van der Waals surface area (Å²) >= 11 is 0. The number of aliphatic hydroxyl groups is 1. The topological polar surface area (TPSA) is 176 Å². The van der Waals surface area contributed by atoms with E-state index in [-0.39, 0.29) is 27.9 Å². The number of ketones is 2. The van der Waals surface area contributed by atoms with E-state index in [1.54, 1.807) is 12.1 Å². The second-order valence-corrected chi connectivity index (χ2v) is 8.56. The van der Waals surface area contributed by atoms with Crippen LogP contribution < -0.4 is 16.4 Å². The van der Waals surface area contributed by atoms with Gasteiger partial charge in [0.05, 0.1) is 22.5 Å². The molecule has 10 nitrogen and oxygen atoms in total. The zero-order valence-corrected chi connectivity index (χ0v) is 17.6. The number of rotatable bonds is 5. The molecule has 0 heterocycles. The number of anilines is 4. The van der Waals surface area contributed by atoms with Crippen LogP contribution in [0.1, 0.15) is 31.8 Å². The van der Waals surface area contributed by atoms with Crippen LogP contribution in [-0.4, -0.2) is 42.2 Å². The van der Waals surface area contributed by atoms with E-state index in [1.807, 2.05) is 0 Å². The predicted octanol–water partition coefficient (Wildman–Crippen LogP) is 1.97. The average molecular weight is 467 g/mol. The second-order valence-electron chi connectivity index (χ2n) is 7.17. The Labute approximate surface area is 187 Å². The number of benzene rings is 3. The molecule has 1 amide bonds. The number of amides is 1. The predicted molar refractivity (Wildman–Crippen MR) is 119 cm³/mol. The summed E-state index contributed by atoms with van der Waals surface area (Å²) in [6.07, 6.45) is 0. The first kappa shape index (κ1) is 22.1. The third kappa shape index (κ3) is 3.96. The minimum absolute atomic E-state index is 0.0492. The summed E-state index contributed by atoms with van der Waals surface area (Å²) in [5.41, 5.74) is 5.91. The number of fused-ring (bicyclic) bond motifs is 2. The maximum atomic E-state index is 13.3. The van der Waals surface area contributed by atoms with Crippen molar-refractivity contribution in [3.63, 3.8) is 0 Å². The van der Waals surface area contributed by atoms with Gasteiger partial charge in [-0.15, -0.1) is 0 Å². The molecule has 3 aromatic carbocycles. The van der Waals surface area contributed by atoms with E-state index in [0.29, 0.717) is 11.4 Å². The standard InChI is InChI=1S/C22H17N3O7S/c23-20-16(33(30,31)32)9-15(24-11-5-7-12(8-6-11)25-17(27)10-26)18-19(20)22(29)14-4-2-1-3-13(14)21(18)28/h1-9,24,26H,10,23H2,(H,25,27)(H,30,31,32). The van der Waals surface area contributed by atoms with Crippen molar-refractivity contribution in [2.45, 2.75) is 4.90 Å². The highest BCUT2D eigenvalue weighted by atomic mass is 32.2. The highest BCUT2D eigenvalue weighted by Crippen LogP contribution is 2.40. The molecule has 11 heteroatoms. The van der Waals surface area contributed by atoms with E-state index in [2.05, 4.69) is 10.6 Å². The van der Waals surface area contributed by atoms with Gasteiger partial charge in [0, 0.05) is 22.5 Å². The van der Waals surface area contributed by atoms with Crippen molar-refractivity contribution in [2.75, 3.05) is 23.0 Å². The van der Waals surface area contributed by atoms with Gasteiger partial charge in [0.25, 0.3) is 10.1 Å². The molecule has 0 aliphatic heterocycles. The van der Waals surface area contributed by atoms with Gasteiger partial charge in [-0.25, -0.2) is 0 Å². The van der Waals surface area contributed by atoms with Crippen LogP contribution in [0.25, 0.3) is 0 Å². The van der Waals surface area contributed by atoms with E-state index in [4.69, 9.17) is 10.8 Å². The quantitative estimate of drug-likeness (QED) is 0.217. The molecule has 0 fully saturated rings. The van der Waals surface area contributed by atoms with Gasteiger partial charge in [0.15, 0.2) is 11.6 Å². The number of nitrogens with one attached hydrogen (secondary N) is 2. The number of nitrogen functional groups attached to an aromatic ring is 1. The SMILES string of the molecule is Nc1c(S(=O)(=O)O)cc(Nc2ccc(NC(=O)CO)cc2)c2c1C(=O)c1ccccc1C2=O. The summed E-state index contributed by atoms with van der Waals surface area (Å²) in [6.45, 7) is -0.687. The largest absolute Gasteiger partial charge is 0.397 e. The number of carbonyl (C=O) groups is 3. The van der Waals surface area contributed by atoms with Crippen molar-refractivity contribution in [1.82, 2.24) is 0 Å². The van der Waals surface area contributed by atoms with Crippen LogP contribution in [0.15, 0.2) is 59.5 Å². The Bertz CT molecular complexity index is 1430. The van der Waals surface area contributed by atoms with Gasteiger partial charge in [-0.3, -0.25) is 18.9 Å². The molecule has 0 radical (unpaired) electrons.